The van der Waals surface area contributed by atoms with Crippen molar-refractivity contribution in [1.82, 2.24) is 4.72 Å². The van der Waals surface area contributed by atoms with Crippen LogP contribution in [-0.4, -0.2) is 20.9 Å². The van der Waals surface area contributed by atoms with Crippen molar-refractivity contribution in [3.05, 3.63) is 59.7 Å². The number of hydrogen-bond donors (Lipinski definition) is 1. The summed E-state index contributed by atoms with van der Waals surface area (Å²) < 4.78 is 27.1. The van der Waals surface area contributed by atoms with Crippen LogP contribution in [0.25, 0.3) is 0 Å². The summed E-state index contributed by atoms with van der Waals surface area (Å²) in [6, 6.07) is 14.2. The Hall–Kier alpha value is -2.18. The van der Waals surface area contributed by atoms with Gasteiger partial charge in [0, 0.05) is 25.2 Å². The maximum absolute atomic E-state index is 12.3. The van der Waals surface area contributed by atoms with Gasteiger partial charge in [-0.05, 0) is 43.2 Å². The van der Waals surface area contributed by atoms with Gasteiger partial charge in [-0.3, -0.25) is 4.79 Å². The largest absolute Gasteiger partial charge is 0.312 e. The first-order valence-corrected chi connectivity index (χ1v) is 9.40. The summed E-state index contributed by atoms with van der Waals surface area (Å²) in [5.74, 6) is 0.142. The van der Waals surface area contributed by atoms with Crippen LogP contribution in [0, 0.1) is 6.92 Å². The fourth-order valence-electron chi connectivity index (χ4n) is 2.69. The predicted octanol–water partition coefficient (Wildman–Crippen LogP) is 2.60. The van der Waals surface area contributed by atoms with E-state index < -0.39 is 10.0 Å². The van der Waals surface area contributed by atoms with Crippen LogP contribution in [0.3, 0.4) is 0 Å². The van der Waals surface area contributed by atoms with Gasteiger partial charge in [0.1, 0.15) is 0 Å². The first-order valence-electron chi connectivity index (χ1n) is 7.91. The maximum atomic E-state index is 12.3. The topological polar surface area (TPSA) is 66.5 Å². The van der Waals surface area contributed by atoms with E-state index in [1.54, 1.807) is 29.2 Å². The number of hydrogen-bond acceptors (Lipinski definition) is 3. The number of rotatable bonds is 5. The molecule has 1 saturated heterocycles. The van der Waals surface area contributed by atoms with Crippen LogP contribution >= 0.6 is 0 Å². The third-order valence-corrected chi connectivity index (χ3v) is 5.54. The van der Waals surface area contributed by atoms with Crippen molar-refractivity contribution in [3.8, 4) is 0 Å². The van der Waals surface area contributed by atoms with Crippen molar-refractivity contribution in [1.29, 1.82) is 0 Å². The number of benzene rings is 2. The molecule has 0 unspecified atom stereocenters. The van der Waals surface area contributed by atoms with Crippen molar-refractivity contribution < 1.29 is 13.2 Å². The molecule has 0 atom stereocenters. The van der Waals surface area contributed by atoms with Crippen LogP contribution in [-0.2, 0) is 21.4 Å². The van der Waals surface area contributed by atoms with Gasteiger partial charge in [-0.2, -0.15) is 0 Å². The minimum Gasteiger partial charge on any atom is -0.312 e. The lowest BCUT2D eigenvalue weighted by molar-refractivity contribution is -0.117. The van der Waals surface area contributed by atoms with E-state index in [2.05, 4.69) is 4.72 Å². The number of nitrogens with zero attached hydrogens (tertiary/aromatic N) is 1. The fourth-order valence-corrected chi connectivity index (χ4v) is 3.71. The molecular formula is C18H20N2O3S. The van der Waals surface area contributed by atoms with Gasteiger partial charge in [-0.25, -0.2) is 13.1 Å². The Morgan fingerprint density at radius 2 is 1.71 bits per heavy atom. The van der Waals surface area contributed by atoms with Crippen LogP contribution in [0.5, 0.6) is 0 Å². The molecule has 1 fully saturated rings. The third kappa shape index (κ3) is 3.66. The molecule has 2 aromatic rings. The Morgan fingerprint density at radius 3 is 2.29 bits per heavy atom. The number of aryl methyl sites for hydroxylation is 1. The average molecular weight is 344 g/mol. The molecule has 1 N–H and O–H groups in total. The Morgan fingerprint density at radius 1 is 1.04 bits per heavy atom. The third-order valence-electron chi connectivity index (χ3n) is 4.12. The van der Waals surface area contributed by atoms with Gasteiger partial charge in [-0.1, -0.05) is 29.8 Å². The van der Waals surface area contributed by atoms with E-state index >= 15 is 0 Å². The summed E-state index contributed by atoms with van der Waals surface area (Å²) >= 11 is 0. The van der Waals surface area contributed by atoms with E-state index in [1.807, 2.05) is 31.2 Å². The zero-order valence-corrected chi connectivity index (χ0v) is 14.3. The summed E-state index contributed by atoms with van der Waals surface area (Å²) in [6.07, 6.45) is 1.48. The number of nitrogens with one attached hydrogen (secondary N) is 1. The molecule has 1 amide bonds. The van der Waals surface area contributed by atoms with Gasteiger partial charge in [0.15, 0.2) is 0 Å². The zero-order valence-electron chi connectivity index (χ0n) is 13.5. The second kappa shape index (κ2) is 6.75. The van der Waals surface area contributed by atoms with Crippen molar-refractivity contribution >= 4 is 21.6 Å². The lowest BCUT2D eigenvalue weighted by Gasteiger charge is -2.16. The van der Waals surface area contributed by atoms with Gasteiger partial charge in [0.2, 0.25) is 15.9 Å². The van der Waals surface area contributed by atoms with Crippen LogP contribution in [0.4, 0.5) is 5.69 Å². The Kier molecular flexibility index (Phi) is 4.69. The number of amides is 1. The molecule has 126 valence electrons. The SMILES string of the molecule is Cc1ccc(S(=O)(=O)NCc2ccc(N3CCCC3=O)cc2)cc1. The minimum absolute atomic E-state index is 0.142. The summed E-state index contributed by atoms with van der Waals surface area (Å²) in [4.78, 5) is 13.8. The first kappa shape index (κ1) is 16.7. The molecule has 24 heavy (non-hydrogen) atoms. The second-order valence-corrected chi connectivity index (χ2v) is 7.72. The smallest absolute Gasteiger partial charge is 0.240 e. The molecule has 1 aliphatic heterocycles. The van der Waals surface area contributed by atoms with E-state index in [1.165, 1.54) is 0 Å². The van der Waals surface area contributed by atoms with Crippen molar-refractivity contribution in [2.24, 2.45) is 0 Å². The Labute approximate surface area is 142 Å². The second-order valence-electron chi connectivity index (χ2n) is 5.95. The molecular weight excluding hydrogens is 324 g/mol. The molecule has 6 heteroatoms. The number of anilines is 1. The molecule has 0 aromatic heterocycles. The van der Waals surface area contributed by atoms with Crippen LogP contribution in [0.2, 0.25) is 0 Å². The van der Waals surface area contributed by atoms with E-state index in [0.29, 0.717) is 6.42 Å². The molecule has 0 saturated carbocycles. The molecule has 0 spiro atoms. The quantitative estimate of drug-likeness (QED) is 0.907. The molecule has 1 heterocycles. The number of carbonyl (C=O) groups is 1. The van der Waals surface area contributed by atoms with Crippen LogP contribution in [0.15, 0.2) is 53.4 Å². The van der Waals surface area contributed by atoms with E-state index in [0.717, 1.165) is 29.8 Å². The van der Waals surface area contributed by atoms with Crippen LogP contribution < -0.4 is 9.62 Å². The van der Waals surface area contributed by atoms with Gasteiger partial charge in [0.25, 0.3) is 0 Å². The Balaban J connectivity index is 1.66. The standard InChI is InChI=1S/C18H20N2O3S/c1-14-4-10-17(11-5-14)24(22,23)19-13-15-6-8-16(9-7-15)20-12-2-3-18(20)21/h4-11,19H,2-3,12-13H2,1H3. The van der Waals surface area contributed by atoms with E-state index in [9.17, 15) is 13.2 Å². The van der Waals surface area contributed by atoms with Crippen molar-refractivity contribution in [2.45, 2.75) is 31.2 Å². The van der Waals surface area contributed by atoms with Gasteiger partial charge < -0.3 is 4.90 Å². The van der Waals surface area contributed by atoms with Crippen molar-refractivity contribution in [2.75, 3.05) is 11.4 Å². The van der Waals surface area contributed by atoms with Gasteiger partial charge in [-0.15, -0.1) is 0 Å². The highest BCUT2D eigenvalue weighted by Gasteiger charge is 2.21. The highest BCUT2D eigenvalue weighted by atomic mass is 32.2. The van der Waals surface area contributed by atoms with E-state index in [4.69, 9.17) is 0 Å². The summed E-state index contributed by atoms with van der Waals surface area (Å²) in [5.41, 5.74) is 2.73. The summed E-state index contributed by atoms with van der Waals surface area (Å²) in [6.45, 7) is 2.87. The number of sulfonamides is 1. The molecule has 0 radical (unpaired) electrons. The molecule has 5 nitrogen and oxygen atoms in total. The summed E-state index contributed by atoms with van der Waals surface area (Å²) in [5, 5.41) is 0. The highest BCUT2D eigenvalue weighted by Crippen LogP contribution is 2.21. The van der Waals surface area contributed by atoms with Gasteiger partial charge in [0.05, 0.1) is 4.90 Å². The monoisotopic (exact) mass is 344 g/mol. The molecule has 0 aliphatic carbocycles. The maximum Gasteiger partial charge on any atom is 0.240 e. The number of carbonyl (C=O) groups excluding carboxylic acids is 1. The summed E-state index contributed by atoms with van der Waals surface area (Å²) in [7, 11) is -3.52. The molecule has 2 aromatic carbocycles. The predicted molar refractivity (Wildman–Crippen MR) is 93.2 cm³/mol. The lowest BCUT2D eigenvalue weighted by Crippen LogP contribution is -2.24. The van der Waals surface area contributed by atoms with Gasteiger partial charge >= 0.3 is 0 Å². The molecule has 0 bridgehead atoms. The fraction of sp³-hybridized carbons (Fsp3) is 0.278. The molecule has 1 aliphatic rings. The van der Waals surface area contributed by atoms with Crippen molar-refractivity contribution in [3.63, 3.8) is 0 Å². The van der Waals surface area contributed by atoms with Crippen LogP contribution in [0.1, 0.15) is 24.0 Å². The highest BCUT2D eigenvalue weighted by molar-refractivity contribution is 7.89. The normalized spacial score (nSPS) is 15.0. The minimum atomic E-state index is -3.52. The van der Waals surface area contributed by atoms with E-state index in [-0.39, 0.29) is 17.3 Å². The average Bonchev–Trinajstić information content (AvgIpc) is 3.00. The lowest BCUT2D eigenvalue weighted by atomic mass is 10.2. The first-order chi connectivity index (χ1) is 11.5. The zero-order chi connectivity index (χ0) is 17.2. The Bertz CT molecular complexity index is 828. The molecule has 3 rings (SSSR count).